The number of carboxylic acids is 1. The number of hydrogen-bond acceptors (Lipinski definition) is 3. The van der Waals surface area contributed by atoms with Crippen molar-refractivity contribution in [2.24, 2.45) is 0 Å². The Morgan fingerprint density at radius 1 is 0.923 bits per heavy atom. The first-order valence-electron chi connectivity index (χ1n) is 8.37. The molecule has 3 aromatic carbocycles. The highest BCUT2D eigenvalue weighted by Gasteiger charge is 2.14. The summed E-state index contributed by atoms with van der Waals surface area (Å²) in [5.41, 5.74) is 3.60. The standard InChI is InChI=1S/C22H18N2O2/c1-24(2)17-9-7-14(8-10-17)20-13-19(22(25)26)18-11-15-5-3-4-6-16(15)12-21(18)23-20/h3-13H,1-2H3,(H,25,26). The summed E-state index contributed by atoms with van der Waals surface area (Å²) in [6, 6.07) is 21.4. The van der Waals surface area contributed by atoms with E-state index in [2.05, 4.69) is 0 Å². The van der Waals surface area contributed by atoms with Gasteiger partial charge >= 0.3 is 5.97 Å². The van der Waals surface area contributed by atoms with Crippen LogP contribution in [0.4, 0.5) is 5.69 Å². The Kier molecular flexibility index (Phi) is 3.81. The number of carboxylic acid groups (broad SMARTS) is 1. The van der Waals surface area contributed by atoms with E-state index in [4.69, 9.17) is 4.98 Å². The Morgan fingerprint density at radius 2 is 1.58 bits per heavy atom. The van der Waals surface area contributed by atoms with Gasteiger partial charge in [-0.05, 0) is 41.1 Å². The first-order chi connectivity index (χ1) is 12.5. The Hall–Kier alpha value is -3.40. The number of benzene rings is 3. The lowest BCUT2D eigenvalue weighted by molar-refractivity contribution is 0.0699. The highest BCUT2D eigenvalue weighted by Crippen LogP contribution is 2.29. The average molecular weight is 342 g/mol. The van der Waals surface area contributed by atoms with Crippen molar-refractivity contribution in [3.8, 4) is 11.3 Å². The number of anilines is 1. The third-order valence-corrected chi connectivity index (χ3v) is 4.59. The summed E-state index contributed by atoms with van der Waals surface area (Å²) in [6.45, 7) is 0. The van der Waals surface area contributed by atoms with E-state index < -0.39 is 5.97 Å². The monoisotopic (exact) mass is 342 g/mol. The van der Waals surface area contributed by atoms with Crippen LogP contribution in [-0.4, -0.2) is 30.2 Å². The molecule has 4 aromatic rings. The van der Waals surface area contributed by atoms with Gasteiger partial charge in [-0.15, -0.1) is 0 Å². The lowest BCUT2D eigenvalue weighted by Crippen LogP contribution is -2.08. The maximum atomic E-state index is 11.8. The van der Waals surface area contributed by atoms with Gasteiger partial charge in [0.25, 0.3) is 0 Å². The number of pyridine rings is 1. The maximum absolute atomic E-state index is 11.8. The summed E-state index contributed by atoms with van der Waals surface area (Å²) in [6.07, 6.45) is 0. The van der Waals surface area contributed by atoms with Gasteiger partial charge in [-0.2, -0.15) is 0 Å². The normalized spacial score (nSPS) is 11.0. The van der Waals surface area contributed by atoms with Gasteiger partial charge in [-0.3, -0.25) is 0 Å². The molecule has 0 saturated heterocycles. The second-order valence-corrected chi connectivity index (χ2v) is 6.52. The third-order valence-electron chi connectivity index (χ3n) is 4.59. The fourth-order valence-corrected chi connectivity index (χ4v) is 3.17. The van der Waals surface area contributed by atoms with Crippen molar-refractivity contribution in [3.05, 3.63) is 72.3 Å². The van der Waals surface area contributed by atoms with Gasteiger partial charge in [0, 0.05) is 30.7 Å². The van der Waals surface area contributed by atoms with Crippen molar-refractivity contribution in [1.82, 2.24) is 4.98 Å². The summed E-state index contributed by atoms with van der Waals surface area (Å²) in [4.78, 5) is 18.6. The van der Waals surface area contributed by atoms with Crippen LogP contribution in [0.1, 0.15) is 10.4 Å². The van der Waals surface area contributed by atoms with Crippen LogP contribution in [-0.2, 0) is 0 Å². The third kappa shape index (κ3) is 2.75. The van der Waals surface area contributed by atoms with Crippen molar-refractivity contribution in [2.45, 2.75) is 0 Å². The molecule has 0 radical (unpaired) electrons. The molecule has 0 amide bonds. The van der Waals surface area contributed by atoms with Gasteiger partial charge in [0.1, 0.15) is 0 Å². The highest BCUT2D eigenvalue weighted by molar-refractivity contribution is 6.08. The van der Waals surface area contributed by atoms with Crippen molar-refractivity contribution >= 4 is 33.3 Å². The quantitative estimate of drug-likeness (QED) is 0.542. The molecule has 0 unspecified atom stereocenters. The highest BCUT2D eigenvalue weighted by atomic mass is 16.4. The molecule has 1 heterocycles. The van der Waals surface area contributed by atoms with E-state index in [1.807, 2.05) is 79.7 Å². The number of hydrogen-bond donors (Lipinski definition) is 1. The zero-order chi connectivity index (χ0) is 18.3. The maximum Gasteiger partial charge on any atom is 0.336 e. The minimum atomic E-state index is -0.946. The van der Waals surface area contributed by atoms with Gasteiger partial charge in [-0.1, -0.05) is 36.4 Å². The van der Waals surface area contributed by atoms with Gasteiger partial charge < -0.3 is 10.0 Å². The van der Waals surface area contributed by atoms with Gasteiger partial charge in [0.2, 0.25) is 0 Å². The van der Waals surface area contributed by atoms with Crippen LogP contribution in [0.25, 0.3) is 32.9 Å². The summed E-state index contributed by atoms with van der Waals surface area (Å²) >= 11 is 0. The molecular weight excluding hydrogens is 324 g/mol. The largest absolute Gasteiger partial charge is 0.478 e. The fraction of sp³-hybridized carbons (Fsp3) is 0.0909. The second kappa shape index (κ2) is 6.15. The Balaban J connectivity index is 1.95. The number of rotatable bonds is 3. The van der Waals surface area contributed by atoms with E-state index >= 15 is 0 Å². The van der Waals surface area contributed by atoms with E-state index in [1.54, 1.807) is 6.07 Å². The topological polar surface area (TPSA) is 53.4 Å². The predicted molar refractivity (Wildman–Crippen MR) is 106 cm³/mol. The minimum absolute atomic E-state index is 0.271. The van der Waals surface area contributed by atoms with E-state index in [-0.39, 0.29) is 5.56 Å². The molecule has 4 rings (SSSR count). The zero-order valence-electron chi connectivity index (χ0n) is 14.6. The molecule has 128 valence electrons. The zero-order valence-corrected chi connectivity index (χ0v) is 14.6. The van der Waals surface area contributed by atoms with Crippen molar-refractivity contribution < 1.29 is 9.90 Å². The summed E-state index contributed by atoms with van der Waals surface area (Å²) in [7, 11) is 3.97. The SMILES string of the molecule is CN(C)c1ccc(-c2cc(C(=O)O)c3cc4ccccc4cc3n2)cc1. The van der Waals surface area contributed by atoms with Gasteiger partial charge in [-0.25, -0.2) is 9.78 Å². The number of aromatic nitrogens is 1. The minimum Gasteiger partial charge on any atom is -0.478 e. The van der Waals surface area contributed by atoms with E-state index in [1.165, 1.54) is 0 Å². The molecule has 0 aliphatic rings. The lowest BCUT2D eigenvalue weighted by atomic mass is 10.0. The second-order valence-electron chi connectivity index (χ2n) is 6.52. The lowest BCUT2D eigenvalue weighted by Gasteiger charge is -2.13. The number of aromatic carboxylic acids is 1. The van der Waals surface area contributed by atoms with Crippen LogP contribution in [0, 0.1) is 0 Å². The molecule has 0 atom stereocenters. The molecule has 4 nitrogen and oxygen atoms in total. The molecule has 0 spiro atoms. The van der Waals surface area contributed by atoms with Crippen LogP contribution in [0.5, 0.6) is 0 Å². The molecule has 0 aliphatic heterocycles. The number of nitrogens with zero attached hydrogens (tertiary/aromatic N) is 2. The molecular formula is C22H18N2O2. The summed E-state index contributed by atoms with van der Waals surface area (Å²) in [5.74, 6) is -0.946. The van der Waals surface area contributed by atoms with Crippen LogP contribution < -0.4 is 4.90 Å². The smallest absolute Gasteiger partial charge is 0.336 e. The fourth-order valence-electron chi connectivity index (χ4n) is 3.17. The summed E-state index contributed by atoms with van der Waals surface area (Å²) in [5, 5.41) is 12.4. The number of carbonyl (C=O) groups is 1. The molecule has 1 N–H and O–H groups in total. The predicted octanol–water partition coefficient (Wildman–Crippen LogP) is 4.82. The summed E-state index contributed by atoms with van der Waals surface area (Å²) < 4.78 is 0. The number of fused-ring (bicyclic) bond motifs is 2. The molecule has 1 aromatic heterocycles. The van der Waals surface area contributed by atoms with Gasteiger partial charge in [0.05, 0.1) is 16.8 Å². The van der Waals surface area contributed by atoms with Crippen molar-refractivity contribution in [3.63, 3.8) is 0 Å². The van der Waals surface area contributed by atoms with Crippen molar-refractivity contribution in [2.75, 3.05) is 19.0 Å². The molecule has 0 saturated carbocycles. The van der Waals surface area contributed by atoms with E-state index in [0.29, 0.717) is 16.6 Å². The first kappa shape index (κ1) is 16.1. The average Bonchev–Trinajstić information content (AvgIpc) is 2.65. The molecule has 0 aliphatic carbocycles. The van der Waals surface area contributed by atoms with Crippen LogP contribution in [0.2, 0.25) is 0 Å². The molecule has 0 fully saturated rings. The Labute approximate surface area is 151 Å². The Morgan fingerprint density at radius 3 is 2.19 bits per heavy atom. The van der Waals surface area contributed by atoms with Gasteiger partial charge in [0.15, 0.2) is 0 Å². The van der Waals surface area contributed by atoms with Crippen LogP contribution >= 0.6 is 0 Å². The van der Waals surface area contributed by atoms with Crippen LogP contribution in [0.15, 0.2) is 66.7 Å². The molecule has 4 heteroatoms. The first-order valence-corrected chi connectivity index (χ1v) is 8.37. The molecule has 0 bridgehead atoms. The van der Waals surface area contributed by atoms with Crippen LogP contribution in [0.3, 0.4) is 0 Å². The Bertz CT molecular complexity index is 1130. The van der Waals surface area contributed by atoms with E-state index in [9.17, 15) is 9.90 Å². The van der Waals surface area contributed by atoms with E-state index in [0.717, 1.165) is 22.0 Å². The molecule has 26 heavy (non-hydrogen) atoms. The van der Waals surface area contributed by atoms with Crippen molar-refractivity contribution in [1.29, 1.82) is 0 Å².